The Hall–Kier alpha value is -1.20. The van der Waals surface area contributed by atoms with Crippen molar-refractivity contribution in [2.45, 2.75) is 13.5 Å². The summed E-state index contributed by atoms with van der Waals surface area (Å²) in [5.74, 6) is 0.908. The number of carbonyl (C=O) groups excluding carboxylic acids is 1. The highest BCUT2D eigenvalue weighted by Crippen LogP contribution is 2.23. The number of anilines is 1. The molecule has 0 saturated carbocycles. The molecule has 18 heavy (non-hydrogen) atoms. The lowest BCUT2D eigenvalue weighted by Gasteiger charge is -2.19. The molecule has 0 radical (unpaired) electrons. The van der Waals surface area contributed by atoms with E-state index in [1.165, 1.54) is 4.88 Å². The predicted molar refractivity (Wildman–Crippen MR) is 78.5 cm³/mol. The number of thiophene rings is 1. The summed E-state index contributed by atoms with van der Waals surface area (Å²) in [7, 11) is 2.00. The minimum atomic E-state index is 0.614. The van der Waals surface area contributed by atoms with Gasteiger partial charge in [0, 0.05) is 33.5 Å². The fourth-order valence-electron chi connectivity index (χ4n) is 1.80. The number of hydrogen-bond acceptors (Lipinski definition) is 4. The van der Waals surface area contributed by atoms with Gasteiger partial charge < -0.3 is 4.90 Å². The molecule has 0 atom stereocenters. The second-order valence-electron chi connectivity index (χ2n) is 4.11. The van der Waals surface area contributed by atoms with Crippen LogP contribution in [-0.2, 0) is 6.54 Å². The van der Waals surface area contributed by atoms with Gasteiger partial charge in [-0.2, -0.15) is 0 Å². The summed E-state index contributed by atoms with van der Waals surface area (Å²) in [4.78, 5) is 18.4. The Labute approximate surface area is 119 Å². The van der Waals surface area contributed by atoms with Gasteiger partial charge in [-0.15, -0.1) is 11.3 Å². The van der Waals surface area contributed by atoms with Crippen LogP contribution in [0.2, 0.25) is 0 Å². The molecule has 0 aliphatic heterocycles. The molecule has 0 spiro atoms. The van der Waals surface area contributed by atoms with Crippen LogP contribution in [0.1, 0.15) is 20.8 Å². The zero-order valence-electron chi connectivity index (χ0n) is 10.2. The van der Waals surface area contributed by atoms with E-state index in [0.29, 0.717) is 5.56 Å². The van der Waals surface area contributed by atoms with Crippen LogP contribution in [-0.4, -0.2) is 18.3 Å². The van der Waals surface area contributed by atoms with Crippen LogP contribution >= 0.6 is 27.3 Å². The first-order valence-corrected chi connectivity index (χ1v) is 7.13. The highest BCUT2D eigenvalue weighted by atomic mass is 79.9. The summed E-state index contributed by atoms with van der Waals surface area (Å²) >= 11 is 5.16. The SMILES string of the molecule is Cc1cc(C=O)cnc1N(C)Cc1cc(Br)cs1. The Morgan fingerprint density at radius 1 is 1.50 bits per heavy atom. The zero-order valence-corrected chi connectivity index (χ0v) is 12.6. The van der Waals surface area contributed by atoms with Gasteiger partial charge in [-0.05, 0) is 40.5 Å². The lowest BCUT2D eigenvalue weighted by atomic mass is 10.2. The number of rotatable bonds is 4. The van der Waals surface area contributed by atoms with Crippen molar-refractivity contribution in [1.82, 2.24) is 4.98 Å². The van der Waals surface area contributed by atoms with E-state index in [9.17, 15) is 4.79 Å². The molecular formula is C13H13BrN2OS. The zero-order chi connectivity index (χ0) is 13.1. The minimum Gasteiger partial charge on any atom is -0.354 e. The van der Waals surface area contributed by atoms with Crippen LogP contribution < -0.4 is 4.90 Å². The normalized spacial score (nSPS) is 10.4. The van der Waals surface area contributed by atoms with Crippen LogP contribution in [0.15, 0.2) is 28.2 Å². The van der Waals surface area contributed by atoms with Gasteiger partial charge in [-0.25, -0.2) is 4.98 Å². The molecule has 2 aromatic rings. The number of pyridine rings is 1. The number of carbonyl (C=O) groups is 1. The maximum atomic E-state index is 10.7. The molecule has 94 valence electrons. The number of aromatic nitrogens is 1. The lowest BCUT2D eigenvalue weighted by Crippen LogP contribution is -2.18. The van der Waals surface area contributed by atoms with E-state index < -0.39 is 0 Å². The summed E-state index contributed by atoms with van der Waals surface area (Å²) in [6.45, 7) is 2.78. The fraction of sp³-hybridized carbons (Fsp3) is 0.231. The molecule has 2 aromatic heterocycles. The molecule has 2 heterocycles. The summed E-state index contributed by atoms with van der Waals surface area (Å²) in [6, 6.07) is 3.96. The number of halogens is 1. The quantitative estimate of drug-likeness (QED) is 0.804. The van der Waals surface area contributed by atoms with Crippen LogP contribution in [0.25, 0.3) is 0 Å². The molecule has 0 amide bonds. The molecule has 0 bridgehead atoms. The van der Waals surface area contributed by atoms with Gasteiger partial charge in [-0.3, -0.25) is 4.79 Å². The van der Waals surface area contributed by atoms with Crippen molar-refractivity contribution in [1.29, 1.82) is 0 Å². The van der Waals surface area contributed by atoms with E-state index in [-0.39, 0.29) is 0 Å². The van der Waals surface area contributed by atoms with Crippen molar-refractivity contribution in [2.24, 2.45) is 0 Å². The highest BCUT2D eigenvalue weighted by Gasteiger charge is 2.09. The second-order valence-corrected chi connectivity index (χ2v) is 6.03. The molecule has 2 rings (SSSR count). The van der Waals surface area contributed by atoms with Gasteiger partial charge in [-0.1, -0.05) is 0 Å². The van der Waals surface area contributed by atoms with Gasteiger partial charge in [0.2, 0.25) is 0 Å². The molecule has 0 aliphatic carbocycles. The number of hydrogen-bond donors (Lipinski definition) is 0. The van der Waals surface area contributed by atoms with E-state index in [4.69, 9.17) is 0 Å². The van der Waals surface area contributed by atoms with E-state index in [1.54, 1.807) is 17.5 Å². The van der Waals surface area contributed by atoms with Crippen molar-refractivity contribution in [2.75, 3.05) is 11.9 Å². The first kappa shape index (κ1) is 13.2. The van der Waals surface area contributed by atoms with Crippen molar-refractivity contribution in [3.8, 4) is 0 Å². The monoisotopic (exact) mass is 324 g/mol. The van der Waals surface area contributed by atoms with Crippen LogP contribution in [0.3, 0.4) is 0 Å². The van der Waals surface area contributed by atoms with E-state index in [1.807, 2.05) is 20.0 Å². The van der Waals surface area contributed by atoms with Gasteiger partial charge in [0.1, 0.15) is 5.82 Å². The van der Waals surface area contributed by atoms with Crippen LogP contribution in [0, 0.1) is 6.92 Å². The first-order chi connectivity index (χ1) is 8.60. The Morgan fingerprint density at radius 2 is 2.28 bits per heavy atom. The Bertz CT molecular complexity index is 568. The van der Waals surface area contributed by atoms with Crippen molar-refractivity contribution in [3.05, 3.63) is 44.2 Å². The molecule has 0 N–H and O–H groups in total. The Balaban J connectivity index is 2.18. The van der Waals surface area contributed by atoms with Gasteiger partial charge in [0.05, 0.1) is 6.54 Å². The van der Waals surface area contributed by atoms with Crippen molar-refractivity contribution < 1.29 is 4.79 Å². The minimum absolute atomic E-state index is 0.614. The van der Waals surface area contributed by atoms with Crippen LogP contribution in [0.4, 0.5) is 5.82 Å². The molecule has 0 saturated heterocycles. The Morgan fingerprint density at radius 3 is 2.83 bits per heavy atom. The lowest BCUT2D eigenvalue weighted by molar-refractivity contribution is 0.112. The highest BCUT2D eigenvalue weighted by molar-refractivity contribution is 9.10. The van der Waals surface area contributed by atoms with E-state index >= 15 is 0 Å². The molecule has 0 aliphatic rings. The smallest absolute Gasteiger partial charge is 0.151 e. The standard InChI is InChI=1S/C13H13BrN2OS/c1-9-3-10(7-17)5-15-13(9)16(2)6-12-4-11(14)8-18-12/h3-5,7-8H,6H2,1-2H3. The van der Waals surface area contributed by atoms with Gasteiger partial charge >= 0.3 is 0 Å². The topological polar surface area (TPSA) is 33.2 Å². The number of aldehydes is 1. The van der Waals surface area contributed by atoms with E-state index in [2.05, 4.69) is 37.3 Å². The first-order valence-electron chi connectivity index (χ1n) is 5.46. The molecule has 0 aromatic carbocycles. The Kier molecular flexibility index (Phi) is 4.14. The molecule has 5 heteroatoms. The molecule has 3 nitrogen and oxygen atoms in total. The summed E-state index contributed by atoms with van der Waals surface area (Å²) in [5.41, 5.74) is 1.63. The predicted octanol–water partition coefficient (Wildman–Crippen LogP) is 3.66. The summed E-state index contributed by atoms with van der Waals surface area (Å²) in [6.07, 6.45) is 2.43. The fourth-order valence-corrected chi connectivity index (χ4v) is 3.30. The van der Waals surface area contributed by atoms with Gasteiger partial charge in [0.25, 0.3) is 0 Å². The second kappa shape index (κ2) is 5.63. The number of aryl methyl sites for hydroxylation is 1. The average molecular weight is 325 g/mol. The van der Waals surface area contributed by atoms with Crippen molar-refractivity contribution in [3.63, 3.8) is 0 Å². The number of nitrogens with zero attached hydrogens (tertiary/aromatic N) is 2. The third-order valence-electron chi connectivity index (χ3n) is 2.58. The average Bonchev–Trinajstić information content (AvgIpc) is 2.74. The molecule has 0 unspecified atom stereocenters. The third kappa shape index (κ3) is 2.97. The summed E-state index contributed by atoms with van der Waals surface area (Å²) in [5, 5.41) is 2.07. The maximum absolute atomic E-state index is 10.7. The summed E-state index contributed by atoms with van der Waals surface area (Å²) < 4.78 is 1.11. The van der Waals surface area contributed by atoms with Crippen molar-refractivity contribution >= 4 is 39.4 Å². The maximum Gasteiger partial charge on any atom is 0.151 e. The van der Waals surface area contributed by atoms with Crippen LogP contribution in [0.5, 0.6) is 0 Å². The third-order valence-corrected chi connectivity index (χ3v) is 4.27. The molecule has 0 fully saturated rings. The van der Waals surface area contributed by atoms with Gasteiger partial charge in [0.15, 0.2) is 6.29 Å². The van der Waals surface area contributed by atoms with E-state index in [0.717, 1.165) is 28.7 Å². The molecular weight excluding hydrogens is 312 g/mol. The largest absolute Gasteiger partial charge is 0.354 e.